The van der Waals surface area contributed by atoms with Gasteiger partial charge < -0.3 is 15.0 Å². The third-order valence-electron chi connectivity index (χ3n) is 5.53. The van der Waals surface area contributed by atoms with Crippen molar-refractivity contribution in [3.05, 3.63) is 99.0 Å². The minimum absolute atomic E-state index is 0.215. The van der Waals surface area contributed by atoms with Crippen molar-refractivity contribution in [3.8, 4) is 5.75 Å². The number of ether oxygens (including phenoxy) is 1. The highest BCUT2D eigenvalue weighted by Gasteiger charge is 2.30. The lowest BCUT2D eigenvalue weighted by Crippen LogP contribution is -2.51. The lowest BCUT2D eigenvalue weighted by atomic mass is 10.0. The van der Waals surface area contributed by atoms with Crippen molar-refractivity contribution in [3.63, 3.8) is 0 Å². The number of carbonyl (C=O) groups is 2. The molecule has 0 heterocycles. The summed E-state index contributed by atoms with van der Waals surface area (Å²) >= 11 is 12.4. The van der Waals surface area contributed by atoms with Gasteiger partial charge in [0.15, 0.2) is 6.61 Å². The minimum atomic E-state index is -0.726. The largest absolute Gasteiger partial charge is 0.484 e. The van der Waals surface area contributed by atoms with E-state index in [-0.39, 0.29) is 25.0 Å². The molecule has 0 unspecified atom stereocenters. The van der Waals surface area contributed by atoms with Gasteiger partial charge in [0.25, 0.3) is 5.91 Å². The molecule has 0 aliphatic heterocycles. The monoisotopic (exact) mass is 498 g/mol. The zero-order chi connectivity index (χ0) is 24.7. The van der Waals surface area contributed by atoms with Gasteiger partial charge in [0.2, 0.25) is 5.91 Å². The van der Waals surface area contributed by atoms with Crippen LogP contribution in [0.15, 0.2) is 66.7 Å². The SMILES string of the molecule is CNC(=O)[C@@H](Cc1ccccc1)N(Cc1cccc(Cl)c1)C(=O)COc1cc(C)c(Cl)c(C)c1. The Bertz CT molecular complexity index is 1130. The molecule has 0 spiro atoms. The number of carbonyl (C=O) groups excluding carboxylic acids is 2. The van der Waals surface area contributed by atoms with Crippen LogP contribution in [0.25, 0.3) is 0 Å². The summed E-state index contributed by atoms with van der Waals surface area (Å²) in [6, 6.07) is 19.7. The van der Waals surface area contributed by atoms with Crippen molar-refractivity contribution >= 4 is 35.0 Å². The number of amides is 2. The predicted molar refractivity (Wildman–Crippen MR) is 136 cm³/mol. The molecule has 2 amide bonds. The van der Waals surface area contributed by atoms with Gasteiger partial charge in [-0.15, -0.1) is 0 Å². The van der Waals surface area contributed by atoms with E-state index in [4.69, 9.17) is 27.9 Å². The average molecular weight is 499 g/mol. The summed E-state index contributed by atoms with van der Waals surface area (Å²) in [4.78, 5) is 27.9. The van der Waals surface area contributed by atoms with E-state index in [1.54, 1.807) is 36.2 Å². The molecule has 5 nitrogen and oxygen atoms in total. The summed E-state index contributed by atoms with van der Waals surface area (Å²) in [6.07, 6.45) is 0.367. The summed E-state index contributed by atoms with van der Waals surface area (Å²) in [6.45, 7) is 3.77. The molecule has 0 fully saturated rings. The van der Waals surface area contributed by atoms with E-state index in [9.17, 15) is 9.59 Å². The Morgan fingerprint density at radius 2 is 1.59 bits per heavy atom. The summed E-state index contributed by atoms with van der Waals surface area (Å²) < 4.78 is 5.83. The number of hydrogen-bond acceptors (Lipinski definition) is 3. The van der Waals surface area contributed by atoms with E-state index >= 15 is 0 Å². The Balaban J connectivity index is 1.89. The summed E-state index contributed by atoms with van der Waals surface area (Å²) in [5, 5.41) is 3.93. The Labute approximate surface area is 210 Å². The summed E-state index contributed by atoms with van der Waals surface area (Å²) in [5.74, 6) is -0.0119. The van der Waals surface area contributed by atoms with E-state index in [1.807, 2.05) is 56.3 Å². The van der Waals surface area contributed by atoms with E-state index in [2.05, 4.69) is 5.32 Å². The molecule has 0 aliphatic carbocycles. The third-order valence-corrected chi connectivity index (χ3v) is 6.36. The molecule has 3 aromatic rings. The number of aryl methyl sites for hydroxylation is 2. The van der Waals surface area contributed by atoms with Gasteiger partial charge in [0.05, 0.1) is 0 Å². The number of hydrogen-bond donors (Lipinski definition) is 1. The van der Waals surface area contributed by atoms with Gasteiger partial charge in [-0.2, -0.15) is 0 Å². The van der Waals surface area contributed by atoms with Gasteiger partial charge in [-0.3, -0.25) is 9.59 Å². The molecule has 0 aliphatic rings. The molecular weight excluding hydrogens is 471 g/mol. The Morgan fingerprint density at radius 3 is 2.21 bits per heavy atom. The van der Waals surface area contributed by atoms with Gasteiger partial charge in [-0.1, -0.05) is 65.7 Å². The Kier molecular flexibility index (Phi) is 8.97. The molecule has 34 heavy (non-hydrogen) atoms. The first-order valence-electron chi connectivity index (χ1n) is 11.0. The van der Waals surface area contributed by atoms with Crippen molar-refractivity contribution in [1.82, 2.24) is 10.2 Å². The quantitative estimate of drug-likeness (QED) is 0.431. The van der Waals surface area contributed by atoms with Crippen LogP contribution in [-0.2, 0) is 22.6 Å². The van der Waals surface area contributed by atoms with Crippen molar-refractivity contribution in [1.29, 1.82) is 0 Å². The van der Waals surface area contributed by atoms with Gasteiger partial charge in [0.1, 0.15) is 11.8 Å². The zero-order valence-corrected chi connectivity index (χ0v) is 21.0. The van der Waals surface area contributed by atoms with Crippen LogP contribution in [0.2, 0.25) is 10.0 Å². The molecule has 3 aromatic carbocycles. The lowest BCUT2D eigenvalue weighted by molar-refractivity contribution is -0.142. The molecular formula is C27H28Cl2N2O3. The fourth-order valence-electron chi connectivity index (χ4n) is 3.77. The molecule has 0 radical (unpaired) electrons. The van der Waals surface area contributed by atoms with Crippen LogP contribution in [0.3, 0.4) is 0 Å². The fourth-order valence-corrected chi connectivity index (χ4v) is 4.09. The molecule has 0 bridgehead atoms. The van der Waals surface area contributed by atoms with Crippen LogP contribution in [0.1, 0.15) is 22.3 Å². The highest BCUT2D eigenvalue weighted by Crippen LogP contribution is 2.26. The molecule has 178 valence electrons. The lowest BCUT2D eigenvalue weighted by Gasteiger charge is -2.31. The first-order chi connectivity index (χ1) is 16.3. The molecule has 3 rings (SSSR count). The molecule has 0 saturated carbocycles. The van der Waals surface area contributed by atoms with Gasteiger partial charge >= 0.3 is 0 Å². The Morgan fingerprint density at radius 1 is 0.941 bits per heavy atom. The number of nitrogens with one attached hydrogen (secondary N) is 1. The maximum absolute atomic E-state index is 13.5. The van der Waals surface area contributed by atoms with Crippen molar-refractivity contribution in [2.75, 3.05) is 13.7 Å². The maximum atomic E-state index is 13.5. The predicted octanol–water partition coefficient (Wildman–Crippen LogP) is 5.38. The van der Waals surface area contributed by atoms with Crippen LogP contribution >= 0.6 is 23.2 Å². The smallest absolute Gasteiger partial charge is 0.261 e. The first kappa shape index (κ1) is 25.6. The van der Waals surface area contributed by atoms with Crippen LogP contribution in [0.4, 0.5) is 0 Å². The highest BCUT2D eigenvalue weighted by atomic mass is 35.5. The van der Waals surface area contributed by atoms with Gasteiger partial charge in [-0.05, 0) is 60.4 Å². The fraction of sp³-hybridized carbons (Fsp3) is 0.259. The van der Waals surface area contributed by atoms with E-state index in [0.29, 0.717) is 22.2 Å². The topological polar surface area (TPSA) is 58.6 Å². The second kappa shape index (κ2) is 11.9. The molecule has 7 heteroatoms. The van der Waals surface area contributed by atoms with Crippen molar-refractivity contribution < 1.29 is 14.3 Å². The standard InChI is InChI=1S/C27H28Cl2N2O3/c1-18-12-23(13-19(2)26(18)29)34-17-25(32)31(16-21-10-7-11-22(28)14-21)24(27(33)30-3)15-20-8-5-4-6-9-20/h4-14,24H,15-17H2,1-3H3,(H,30,33)/t24-/m1/s1. The first-order valence-corrected chi connectivity index (χ1v) is 11.7. The molecule has 1 N–H and O–H groups in total. The highest BCUT2D eigenvalue weighted by molar-refractivity contribution is 6.32. The molecule has 0 saturated heterocycles. The molecule has 0 aromatic heterocycles. The van der Waals surface area contributed by atoms with E-state index < -0.39 is 6.04 Å². The van der Waals surface area contributed by atoms with Gasteiger partial charge in [-0.25, -0.2) is 0 Å². The second-order valence-corrected chi connectivity index (χ2v) is 8.95. The number of halogens is 2. The average Bonchev–Trinajstić information content (AvgIpc) is 2.83. The van der Waals surface area contributed by atoms with Crippen LogP contribution in [0, 0.1) is 13.8 Å². The zero-order valence-electron chi connectivity index (χ0n) is 19.5. The van der Waals surface area contributed by atoms with Crippen LogP contribution in [-0.4, -0.2) is 36.4 Å². The number of likely N-dealkylation sites (N-methyl/N-ethyl adjacent to an activating group) is 1. The van der Waals surface area contributed by atoms with Crippen LogP contribution in [0.5, 0.6) is 5.75 Å². The van der Waals surface area contributed by atoms with Crippen LogP contribution < -0.4 is 10.1 Å². The van der Waals surface area contributed by atoms with Crippen molar-refractivity contribution in [2.24, 2.45) is 0 Å². The number of rotatable bonds is 9. The number of nitrogens with zero attached hydrogens (tertiary/aromatic N) is 1. The van der Waals surface area contributed by atoms with Crippen molar-refractivity contribution in [2.45, 2.75) is 32.9 Å². The summed E-state index contributed by atoms with van der Waals surface area (Å²) in [7, 11) is 1.57. The second-order valence-electron chi connectivity index (χ2n) is 8.13. The Hall–Kier alpha value is -3.02. The summed E-state index contributed by atoms with van der Waals surface area (Å²) in [5.41, 5.74) is 3.50. The van der Waals surface area contributed by atoms with E-state index in [0.717, 1.165) is 22.3 Å². The third kappa shape index (κ3) is 6.75. The van der Waals surface area contributed by atoms with Gasteiger partial charge in [0, 0.05) is 30.1 Å². The maximum Gasteiger partial charge on any atom is 0.261 e. The minimum Gasteiger partial charge on any atom is -0.484 e. The normalized spacial score (nSPS) is 11.6. The van der Waals surface area contributed by atoms with E-state index in [1.165, 1.54) is 0 Å². The molecule has 1 atom stereocenters. The number of benzene rings is 3.